The van der Waals surface area contributed by atoms with Gasteiger partial charge < -0.3 is 15.3 Å². The van der Waals surface area contributed by atoms with Crippen molar-refractivity contribution >= 4 is 12.0 Å². The van der Waals surface area contributed by atoms with Gasteiger partial charge in [0, 0.05) is 32.7 Å². The van der Waals surface area contributed by atoms with E-state index in [0.29, 0.717) is 38.6 Å². The summed E-state index contributed by atoms with van der Waals surface area (Å²) < 4.78 is 0. The fraction of sp³-hybridized carbons (Fsp3) is 0.857. The maximum atomic E-state index is 12.1. The Kier molecular flexibility index (Phi) is 5.80. The molecule has 6 heteroatoms. The number of nitrogens with zero attached hydrogens (tertiary/aromatic N) is 2. The maximum Gasteiger partial charge on any atom is 0.317 e. The minimum atomic E-state index is -0.818. The van der Waals surface area contributed by atoms with Gasteiger partial charge in [0.1, 0.15) is 0 Å². The molecule has 20 heavy (non-hydrogen) atoms. The van der Waals surface area contributed by atoms with Crippen LogP contribution in [-0.2, 0) is 4.79 Å². The van der Waals surface area contributed by atoms with Gasteiger partial charge in [-0.05, 0) is 11.3 Å². The van der Waals surface area contributed by atoms with Gasteiger partial charge in [0.2, 0.25) is 0 Å². The van der Waals surface area contributed by atoms with Crippen LogP contribution in [0.1, 0.15) is 27.7 Å². The lowest BCUT2D eigenvalue weighted by Crippen LogP contribution is -2.53. The predicted octanol–water partition coefficient (Wildman–Crippen LogP) is 1.08. The Hall–Kier alpha value is -1.30. The van der Waals surface area contributed by atoms with E-state index in [1.165, 1.54) is 0 Å². The maximum absolute atomic E-state index is 12.1. The highest BCUT2D eigenvalue weighted by Crippen LogP contribution is 2.24. The van der Waals surface area contributed by atoms with Gasteiger partial charge in [-0.25, -0.2) is 4.79 Å². The Morgan fingerprint density at radius 3 is 2.20 bits per heavy atom. The summed E-state index contributed by atoms with van der Waals surface area (Å²) in [7, 11) is 0. The molecule has 2 amide bonds. The van der Waals surface area contributed by atoms with E-state index < -0.39 is 5.97 Å². The Bertz CT molecular complexity index is 348. The second kappa shape index (κ2) is 6.92. The van der Waals surface area contributed by atoms with Gasteiger partial charge in [0.25, 0.3) is 0 Å². The summed E-state index contributed by atoms with van der Waals surface area (Å²) in [6.45, 7) is 11.7. The molecule has 1 heterocycles. The monoisotopic (exact) mass is 285 g/mol. The molecular weight excluding hydrogens is 258 g/mol. The minimum absolute atomic E-state index is 0.0475. The predicted molar refractivity (Wildman–Crippen MR) is 77.7 cm³/mol. The topological polar surface area (TPSA) is 72.9 Å². The van der Waals surface area contributed by atoms with Gasteiger partial charge >= 0.3 is 12.0 Å². The zero-order valence-electron chi connectivity index (χ0n) is 13.0. The molecule has 1 fully saturated rings. The van der Waals surface area contributed by atoms with Crippen LogP contribution in [0.2, 0.25) is 0 Å². The number of urea groups is 1. The Morgan fingerprint density at radius 1 is 1.20 bits per heavy atom. The fourth-order valence-electron chi connectivity index (χ4n) is 1.92. The molecule has 116 valence electrons. The second-order valence-corrected chi connectivity index (χ2v) is 6.46. The fourth-order valence-corrected chi connectivity index (χ4v) is 1.92. The lowest BCUT2D eigenvalue weighted by molar-refractivity contribution is -0.138. The number of carbonyl (C=O) groups excluding carboxylic acids is 1. The molecule has 0 saturated carbocycles. The minimum Gasteiger partial charge on any atom is -0.480 e. The van der Waals surface area contributed by atoms with Gasteiger partial charge in [-0.2, -0.15) is 0 Å². The van der Waals surface area contributed by atoms with E-state index >= 15 is 0 Å². The van der Waals surface area contributed by atoms with E-state index in [1.807, 2.05) is 4.90 Å². The van der Waals surface area contributed by atoms with Crippen molar-refractivity contribution in [3.63, 3.8) is 0 Å². The number of aliphatic carboxylic acids is 1. The number of piperazine rings is 1. The molecule has 0 bridgehead atoms. The standard InChI is InChI=1S/C14H27N3O3/c1-11(2)14(3,4)10-15-13(20)17-7-5-16(6-8-17)9-12(18)19/h11H,5-10H2,1-4H3,(H,15,20)(H,18,19). The van der Waals surface area contributed by atoms with Crippen LogP contribution in [0, 0.1) is 11.3 Å². The molecule has 0 spiro atoms. The lowest BCUT2D eigenvalue weighted by atomic mass is 9.81. The van der Waals surface area contributed by atoms with Crippen molar-refractivity contribution < 1.29 is 14.7 Å². The Morgan fingerprint density at radius 2 is 1.75 bits per heavy atom. The third-order valence-corrected chi connectivity index (χ3v) is 4.28. The molecule has 0 atom stereocenters. The SMILES string of the molecule is CC(C)C(C)(C)CNC(=O)N1CCN(CC(=O)O)CC1. The number of amides is 2. The normalized spacial score (nSPS) is 17.4. The van der Waals surface area contributed by atoms with Crippen molar-refractivity contribution in [1.29, 1.82) is 0 Å². The molecule has 1 saturated heterocycles. The first kappa shape index (κ1) is 16.8. The number of rotatable bonds is 5. The van der Waals surface area contributed by atoms with Crippen molar-refractivity contribution in [3.8, 4) is 0 Å². The van der Waals surface area contributed by atoms with Gasteiger partial charge in [-0.3, -0.25) is 9.69 Å². The molecule has 0 aliphatic carbocycles. The van der Waals surface area contributed by atoms with Gasteiger partial charge in [-0.15, -0.1) is 0 Å². The summed E-state index contributed by atoms with van der Waals surface area (Å²) in [5.41, 5.74) is 0.0702. The van der Waals surface area contributed by atoms with E-state index in [0.717, 1.165) is 0 Å². The molecule has 1 aliphatic rings. The van der Waals surface area contributed by atoms with Crippen LogP contribution in [0.4, 0.5) is 4.79 Å². The van der Waals surface area contributed by atoms with Crippen molar-refractivity contribution in [3.05, 3.63) is 0 Å². The number of carboxylic acids is 1. The summed E-state index contributed by atoms with van der Waals surface area (Å²) in [6.07, 6.45) is 0. The molecule has 2 N–H and O–H groups in total. The molecule has 0 radical (unpaired) electrons. The molecule has 1 aliphatic heterocycles. The number of carbonyl (C=O) groups is 2. The van der Waals surface area contributed by atoms with E-state index in [9.17, 15) is 9.59 Å². The van der Waals surface area contributed by atoms with E-state index in [1.54, 1.807) is 4.90 Å². The van der Waals surface area contributed by atoms with Gasteiger partial charge in [0.15, 0.2) is 0 Å². The van der Waals surface area contributed by atoms with E-state index in [-0.39, 0.29) is 18.0 Å². The third-order valence-electron chi connectivity index (χ3n) is 4.28. The van der Waals surface area contributed by atoms with Crippen LogP contribution >= 0.6 is 0 Å². The van der Waals surface area contributed by atoms with Gasteiger partial charge in [0.05, 0.1) is 6.54 Å². The van der Waals surface area contributed by atoms with Crippen LogP contribution in [-0.4, -0.2) is 66.2 Å². The highest BCUT2D eigenvalue weighted by atomic mass is 16.4. The van der Waals surface area contributed by atoms with Crippen LogP contribution in [0.25, 0.3) is 0 Å². The van der Waals surface area contributed by atoms with Crippen LogP contribution in [0.15, 0.2) is 0 Å². The molecular formula is C14H27N3O3. The molecule has 0 aromatic heterocycles. The summed E-state index contributed by atoms with van der Waals surface area (Å²) in [5.74, 6) is -0.322. The highest BCUT2D eigenvalue weighted by molar-refractivity contribution is 5.74. The highest BCUT2D eigenvalue weighted by Gasteiger charge is 2.26. The average molecular weight is 285 g/mol. The molecule has 0 aromatic carbocycles. The molecule has 1 rings (SSSR count). The third kappa shape index (κ3) is 5.00. The zero-order valence-corrected chi connectivity index (χ0v) is 13.0. The van der Waals surface area contributed by atoms with Crippen molar-refractivity contribution in [2.45, 2.75) is 27.7 Å². The number of carboxylic acid groups (broad SMARTS) is 1. The quantitative estimate of drug-likeness (QED) is 0.793. The Balaban J connectivity index is 2.34. The van der Waals surface area contributed by atoms with E-state index in [2.05, 4.69) is 33.0 Å². The first-order valence-electron chi connectivity index (χ1n) is 7.19. The van der Waals surface area contributed by atoms with Crippen molar-refractivity contribution in [1.82, 2.24) is 15.1 Å². The summed E-state index contributed by atoms with van der Waals surface area (Å²) >= 11 is 0. The Labute approximate surface area is 121 Å². The second-order valence-electron chi connectivity index (χ2n) is 6.46. The molecule has 0 aromatic rings. The van der Waals surface area contributed by atoms with Crippen molar-refractivity contribution in [2.75, 3.05) is 39.3 Å². The van der Waals surface area contributed by atoms with Crippen LogP contribution in [0.3, 0.4) is 0 Å². The summed E-state index contributed by atoms with van der Waals surface area (Å²) in [4.78, 5) is 26.3. The summed E-state index contributed by atoms with van der Waals surface area (Å²) in [6, 6.07) is -0.0475. The zero-order chi connectivity index (χ0) is 15.3. The smallest absolute Gasteiger partial charge is 0.317 e. The number of hydrogen-bond acceptors (Lipinski definition) is 3. The van der Waals surface area contributed by atoms with Crippen LogP contribution < -0.4 is 5.32 Å². The lowest BCUT2D eigenvalue weighted by Gasteiger charge is -2.35. The molecule has 0 unspecified atom stereocenters. The van der Waals surface area contributed by atoms with E-state index in [4.69, 9.17) is 5.11 Å². The largest absolute Gasteiger partial charge is 0.480 e. The first-order chi connectivity index (χ1) is 9.22. The molecule has 6 nitrogen and oxygen atoms in total. The number of hydrogen-bond donors (Lipinski definition) is 2. The van der Waals surface area contributed by atoms with Gasteiger partial charge in [-0.1, -0.05) is 27.7 Å². The summed E-state index contributed by atoms with van der Waals surface area (Å²) in [5, 5.41) is 11.7. The number of nitrogens with one attached hydrogen (secondary N) is 1. The first-order valence-corrected chi connectivity index (χ1v) is 7.19. The van der Waals surface area contributed by atoms with Crippen molar-refractivity contribution in [2.24, 2.45) is 11.3 Å². The average Bonchev–Trinajstić information content (AvgIpc) is 2.36. The van der Waals surface area contributed by atoms with Crippen LogP contribution in [0.5, 0.6) is 0 Å².